The molecule has 0 spiro atoms. The molecule has 0 radical (unpaired) electrons. The molecule has 0 rings (SSSR count). The molecule has 92 valence electrons. The smallest absolute Gasteiger partial charge is 0.306 e. The van der Waals surface area contributed by atoms with Gasteiger partial charge in [0.15, 0.2) is 0 Å². The van der Waals surface area contributed by atoms with E-state index in [0.29, 0.717) is 18.9 Å². The summed E-state index contributed by atoms with van der Waals surface area (Å²) in [5.74, 6) is 0.262. The van der Waals surface area contributed by atoms with Crippen molar-refractivity contribution in [2.75, 3.05) is 6.61 Å². The Labute approximate surface area is 99.4 Å². The molecule has 0 N–H and O–H groups in total. The molecule has 0 heterocycles. The Morgan fingerprint density at radius 3 is 2.44 bits per heavy atom. The van der Waals surface area contributed by atoms with E-state index in [0.717, 1.165) is 12.8 Å². The zero-order valence-electron chi connectivity index (χ0n) is 11.0. The van der Waals surface area contributed by atoms with Gasteiger partial charge in [0.05, 0.1) is 0 Å². The molecule has 0 bridgehead atoms. The summed E-state index contributed by atoms with van der Waals surface area (Å²) in [5.41, 5.74) is 1.34. The summed E-state index contributed by atoms with van der Waals surface area (Å²) in [6, 6.07) is 0. The Kier molecular flexibility index (Phi) is 8.59. The zero-order chi connectivity index (χ0) is 12.4. The molecule has 0 fully saturated rings. The number of hydrogen-bond acceptors (Lipinski definition) is 2. The molecule has 0 aliphatic carbocycles. The van der Waals surface area contributed by atoms with Crippen molar-refractivity contribution in [2.24, 2.45) is 5.92 Å². The third-order valence-electron chi connectivity index (χ3n) is 1.97. The molecule has 2 heteroatoms. The first-order valence-corrected chi connectivity index (χ1v) is 5.96. The summed E-state index contributed by atoms with van der Waals surface area (Å²) < 4.78 is 5.04. The standard InChI is InChI=1S/C14H24O2/c1-12(2)9-7-5-6-8-10-16-14(15)11-13(3)4/h6,8-9,13H,5,7,10-11H2,1-4H3/b8-6+. The predicted octanol–water partition coefficient (Wildman–Crippen LogP) is 3.88. The molecule has 0 aliphatic rings. The average Bonchev–Trinajstić information content (AvgIpc) is 2.14. The topological polar surface area (TPSA) is 26.3 Å². The van der Waals surface area contributed by atoms with Gasteiger partial charge in [0, 0.05) is 6.42 Å². The second-order valence-corrected chi connectivity index (χ2v) is 4.61. The number of ether oxygens (including phenoxy) is 1. The third kappa shape index (κ3) is 11.0. The van der Waals surface area contributed by atoms with Gasteiger partial charge >= 0.3 is 5.97 Å². The highest BCUT2D eigenvalue weighted by molar-refractivity contribution is 5.69. The lowest BCUT2D eigenvalue weighted by atomic mass is 10.1. The summed E-state index contributed by atoms with van der Waals surface area (Å²) in [5, 5.41) is 0. The van der Waals surface area contributed by atoms with Crippen LogP contribution >= 0.6 is 0 Å². The normalized spacial score (nSPS) is 10.8. The first kappa shape index (κ1) is 14.9. The third-order valence-corrected chi connectivity index (χ3v) is 1.97. The van der Waals surface area contributed by atoms with Gasteiger partial charge in [-0.15, -0.1) is 0 Å². The molecule has 16 heavy (non-hydrogen) atoms. The van der Waals surface area contributed by atoms with E-state index < -0.39 is 0 Å². The Hall–Kier alpha value is -1.05. The molecule has 0 amide bonds. The maximum absolute atomic E-state index is 11.2. The molecule has 0 aromatic rings. The maximum Gasteiger partial charge on any atom is 0.306 e. The summed E-state index contributed by atoms with van der Waals surface area (Å²) in [7, 11) is 0. The summed E-state index contributed by atoms with van der Waals surface area (Å²) in [6.07, 6.45) is 8.74. The molecule has 0 aromatic carbocycles. The molecule has 0 aliphatic heterocycles. The SMILES string of the molecule is CC(C)=CCC/C=C/COC(=O)CC(C)C. The van der Waals surface area contributed by atoms with Crippen LogP contribution in [0.25, 0.3) is 0 Å². The first-order valence-electron chi connectivity index (χ1n) is 5.96. The highest BCUT2D eigenvalue weighted by atomic mass is 16.5. The highest BCUT2D eigenvalue weighted by Gasteiger charge is 2.03. The Morgan fingerprint density at radius 1 is 1.19 bits per heavy atom. The van der Waals surface area contributed by atoms with Crippen molar-refractivity contribution in [2.45, 2.75) is 47.0 Å². The first-order chi connectivity index (χ1) is 7.52. The van der Waals surface area contributed by atoms with Gasteiger partial charge < -0.3 is 4.74 Å². The molecule has 0 saturated heterocycles. The van der Waals surface area contributed by atoms with Gasteiger partial charge in [-0.3, -0.25) is 4.79 Å². The van der Waals surface area contributed by atoms with Crippen LogP contribution in [0.1, 0.15) is 47.0 Å². The number of rotatable bonds is 7. The van der Waals surface area contributed by atoms with E-state index in [9.17, 15) is 4.79 Å². The Morgan fingerprint density at radius 2 is 1.88 bits per heavy atom. The Bertz CT molecular complexity index is 245. The summed E-state index contributed by atoms with van der Waals surface area (Å²) in [4.78, 5) is 11.2. The highest BCUT2D eigenvalue weighted by Crippen LogP contribution is 2.01. The molecular formula is C14H24O2. The van der Waals surface area contributed by atoms with Gasteiger partial charge in [-0.1, -0.05) is 37.6 Å². The van der Waals surface area contributed by atoms with Crippen molar-refractivity contribution in [1.82, 2.24) is 0 Å². The van der Waals surface area contributed by atoms with Crippen LogP contribution in [-0.4, -0.2) is 12.6 Å². The van der Waals surface area contributed by atoms with E-state index >= 15 is 0 Å². The van der Waals surface area contributed by atoms with Crippen LogP contribution in [0, 0.1) is 5.92 Å². The molecule has 0 aromatic heterocycles. The van der Waals surface area contributed by atoms with Crippen molar-refractivity contribution in [3.63, 3.8) is 0 Å². The van der Waals surface area contributed by atoms with Crippen LogP contribution in [0.3, 0.4) is 0 Å². The maximum atomic E-state index is 11.2. The van der Waals surface area contributed by atoms with Gasteiger partial charge in [-0.05, 0) is 32.6 Å². The summed E-state index contributed by atoms with van der Waals surface area (Å²) >= 11 is 0. The number of carbonyl (C=O) groups excluding carboxylic acids is 1. The quantitative estimate of drug-likeness (QED) is 0.373. The largest absolute Gasteiger partial charge is 0.461 e. The number of allylic oxidation sites excluding steroid dienone is 3. The average molecular weight is 224 g/mol. The number of hydrogen-bond donors (Lipinski definition) is 0. The van der Waals surface area contributed by atoms with E-state index in [4.69, 9.17) is 4.74 Å². The van der Waals surface area contributed by atoms with Crippen molar-refractivity contribution >= 4 is 5.97 Å². The molecular weight excluding hydrogens is 200 g/mol. The van der Waals surface area contributed by atoms with E-state index in [2.05, 4.69) is 26.0 Å². The monoisotopic (exact) mass is 224 g/mol. The van der Waals surface area contributed by atoms with E-state index in [1.165, 1.54) is 5.57 Å². The van der Waals surface area contributed by atoms with Crippen LogP contribution in [0.4, 0.5) is 0 Å². The lowest BCUT2D eigenvalue weighted by molar-refractivity contribution is -0.143. The lowest BCUT2D eigenvalue weighted by Gasteiger charge is -2.03. The van der Waals surface area contributed by atoms with Crippen molar-refractivity contribution in [1.29, 1.82) is 0 Å². The summed E-state index contributed by atoms with van der Waals surface area (Å²) in [6.45, 7) is 8.61. The fourth-order valence-electron chi connectivity index (χ4n) is 1.19. The van der Waals surface area contributed by atoms with Crippen molar-refractivity contribution < 1.29 is 9.53 Å². The molecule has 0 saturated carbocycles. The zero-order valence-corrected chi connectivity index (χ0v) is 11.0. The number of esters is 1. The number of carbonyl (C=O) groups is 1. The minimum atomic E-state index is -0.107. The van der Waals surface area contributed by atoms with Crippen LogP contribution in [0.15, 0.2) is 23.8 Å². The van der Waals surface area contributed by atoms with Crippen LogP contribution in [0.5, 0.6) is 0 Å². The lowest BCUT2D eigenvalue weighted by Crippen LogP contribution is -2.07. The van der Waals surface area contributed by atoms with Gasteiger partial charge in [0.2, 0.25) is 0 Å². The minimum Gasteiger partial charge on any atom is -0.461 e. The second kappa shape index (κ2) is 9.20. The van der Waals surface area contributed by atoms with E-state index in [1.54, 1.807) is 0 Å². The van der Waals surface area contributed by atoms with Gasteiger partial charge in [0.1, 0.15) is 6.61 Å². The van der Waals surface area contributed by atoms with E-state index in [-0.39, 0.29) is 5.97 Å². The number of unbranched alkanes of at least 4 members (excludes halogenated alkanes) is 1. The Balaban J connectivity index is 3.47. The molecule has 0 unspecified atom stereocenters. The second-order valence-electron chi connectivity index (χ2n) is 4.61. The fourth-order valence-corrected chi connectivity index (χ4v) is 1.19. The van der Waals surface area contributed by atoms with Gasteiger partial charge in [-0.25, -0.2) is 0 Å². The van der Waals surface area contributed by atoms with Crippen molar-refractivity contribution in [3.8, 4) is 0 Å². The molecule has 2 nitrogen and oxygen atoms in total. The van der Waals surface area contributed by atoms with E-state index in [1.807, 2.05) is 19.9 Å². The van der Waals surface area contributed by atoms with Crippen LogP contribution < -0.4 is 0 Å². The molecule has 0 atom stereocenters. The van der Waals surface area contributed by atoms with Crippen LogP contribution in [-0.2, 0) is 9.53 Å². The van der Waals surface area contributed by atoms with Gasteiger partial charge in [0.25, 0.3) is 0 Å². The van der Waals surface area contributed by atoms with Crippen LogP contribution in [0.2, 0.25) is 0 Å². The van der Waals surface area contributed by atoms with Crippen molar-refractivity contribution in [3.05, 3.63) is 23.8 Å². The minimum absolute atomic E-state index is 0.107. The fraction of sp³-hybridized carbons (Fsp3) is 0.643. The van der Waals surface area contributed by atoms with Gasteiger partial charge in [-0.2, -0.15) is 0 Å². The predicted molar refractivity (Wildman–Crippen MR) is 68.2 cm³/mol.